The number of carboxylic acids is 1. The van der Waals surface area contributed by atoms with E-state index in [0.29, 0.717) is 0 Å². The molecule has 0 aliphatic rings. The third kappa shape index (κ3) is 2.51. The average molecular weight is 256 g/mol. The summed E-state index contributed by atoms with van der Waals surface area (Å²) in [5.41, 5.74) is -0.385. The number of carbonyl (C=O) groups is 2. The number of aliphatic hydroxyl groups excluding tert-OH is 1. The Kier molecular flexibility index (Phi) is 4.11. The molecule has 1 aromatic rings. The zero-order valence-electron chi connectivity index (χ0n) is 9.71. The second-order valence-corrected chi connectivity index (χ2v) is 3.35. The Morgan fingerprint density at radius 3 is 2.33 bits per heavy atom. The van der Waals surface area contributed by atoms with Gasteiger partial charge in [-0.25, -0.2) is 9.59 Å². The summed E-state index contributed by atoms with van der Waals surface area (Å²) in [5.74, 6) is -2.98. The minimum atomic E-state index is -1.97. The number of carbonyl (C=O) groups excluding carboxylic acids is 1. The van der Waals surface area contributed by atoms with Gasteiger partial charge in [-0.2, -0.15) is 0 Å². The number of phenolic OH excluding ortho intramolecular Hbond substituents is 1. The Morgan fingerprint density at radius 2 is 1.89 bits per heavy atom. The van der Waals surface area contributed by atoms with E-state index in [1.807, 2.05) is 0 Å². The molecule has 0 saturated carbocycles. The largest absolute Gasteiger partial charge is 0.504 e. The lowest BCUT2D eigenvalue weighted by Gasteiger charge is -2.13. The molecule has 1 aromatic carbocycles. The minimum absolute atomic E-state index is 0.0394. The smallest absolute Gasteiger partial charge is 0.337 e. The predicted molar refractivity (Wildman–Crippen MR) is 58.6 cm³/mol. The van der Waals surface area contributed by atoms with E-state index in [2.05, 4.69) is 4.74 Å². The van der Waals surface area contributed by atoms with Crippen molar-refractivity contribution in [3.05, 3.63) is 23.3 Å². The molecule has 18 heavy (non-hydrogen) atoms. The fourth-order valence-corrected chi connectivity index (χ4v) is 1.36. The molecule has 7 heteroatoms. The summed E-state index contributed by atoms with van der Waals surface area (Å²) in [7, 11) is 2.38. The number of ether oxygens (including phenoxy) is 2. The van der Waals surface area contributed by atoms with Crippen molar-refractivity contribution in [1.29, 1.82) is 0 Å². The summed E-state index contributed by atoms with van der Waals surface area (Å²) in [6.07, 6.45) is -1.97. The second kappa shape index (κ2) is 5.37. The SMILES string of the molecule is COC(=O)c1cc(OC)c(O)c(C(O)C(=O)O)c1. The zero-order chi connectivity index (χ0) is 13.9. The number of phenols is 1. The summed E-state index contributed by atoms with van der Waals surface area (Å²) >= 11 is 0. The van der Waals surface area contributed by atoms with E-state index in [9.17, 15) is 19.8 Å². The first-order chi connectivity index (χ1) is 8.42. The summed E-state index contributed by atoms with van der Waals surface area (Å²) in [5, 5.41) is 27.8. The maximum Gasteiger partial charge on any atom is 0.337 e. The lowest BCUT2D eigenvalue weighted by molar-refractivity contribution is -0.147. The molecule has 0 radical (unpaired) electrons. The van der Waals surface area contributed by atoms with Gasteiger partial charge in [-0.1, -0.05) is 0 Å². The molecule has 0 amide bonds. The summed E-state index contributed by atoms with van der Waals surface area (Å²) in [4.78, 5) is 22.0. The van der Waals surface area contributed by atoms with Crippen LogP contribution in [0.2, 0.25) is 0 Å². The molecule has 0 bridgehead atoms. The third-order valence-corrected chi connectivity index (χ3v) is 2.27. The van der Waals surface area contributed by atoms with Gasteiger partial charge in [0.1, 0.15) is 0 Å². The quantitative estimate of drug-likeness (QED) is 0.664. The maximum absolute atomic E-state index is 11.3. The van der Waals surface area contributed by atoms with Gasteiger partial charge in [0.2, 0.25) is 0 Å². The van der Waals surface area contributed by atoms with E-state index < -0.39 is 23.8 Å². The molecule has 0 saturated heterocycles. The van der Waals surface area contributed by atoms with Crippen LogP contribution in [-0.2, 0) is 9.53 Å². The van der Waals surface area contributed by atoms with E-state index in [-0.39, 0.29) is 16.9 Å². The van der Waals surface area contributed by atoms with E-state index >= 15 is 0 Å². The summed E-state index contributed by atoms with van der Waals surface area (Å²) < 4.78 is 9.25. The van der Waals surface area contributed by atoms with E-state index in [1.54, 1.807) is 0 Å². The molecule has 0 aromatic heterocycles. The monoisotopic (exact) mass is 256 g/mol. The highest BCUT2D eigenvalue weighted by Crippen LogP contribution is 2.35. The first kappa shape index (κ1) is 13.8. The second-order valence-electron chi connectivity index (χ2n) is 3.35. The van der Waals surface area contributed by atoms with Crippen molar-refractivity contribution in [2.45, 2.75) is 6.10 Å². The first-order valence-electron chi connectivity index (χ1n) is 4.82. The van der Waals surface area contributed by atoms with Crippen LogP contribution in [0.5, 0.6) is 11.5 Å². The van der Waals surface area contributed by atoms with Crippen LogP contribution < -0.4 is 4.74 Å². The van der Waals surface area contributed by atoms with Crippen molar-refractivity contribution < 1.29 is 34.4 Å². The molecule has 0 fully saturated rings. The maximum atomic E-state index is 11.3. The topological polar surface area (TPSA) is 113 Å². The molecular formula is C11H12O7. The Morgan fingerprint density at radius 1 is 1.28 bits per heavy atom. The van der Waals surface area contributed by atoms with Gasteiger partial charge in [0.15, 0.2) is 17.6 Å². The number of benzene rings is 1. The van der Waals surface area contributed by atoms with Gasteiger partial charge < -0.3 is 24.8 Å². The number of aliphatic carboxylic acids is 1. The molecule has 1 atom stereocenters. The normalized spacial score (nSPS) is 11.7. The molecule has 1 rings (SSSR count). The van der Waals surface area contributed by atoms with Crippen LogP contribution in [0.25, 0.3) is 0 Å². The molecule has 0 spiro atoms. The van der Waals surface area contributed by atoms with Crippen molar-refractivity contribution in [3.8, 4) is 11.5 Å². The third-order valence-electron chi connectivity index (χ3n) is 2.27. The lowest BCUT2D eigenvalue weighted by Crippen LogP contribution is -2.12. The molecule has 3 N–H and O–H groups in total. The van der Waals surface area contributed by atoms with Crippen molar-refractivity contribution in [2.75, 3.05) is 14.2 Å². The van der Waals surface area contributed by atoms with E-state index in [4.69, 9.17) is 9.84 Å². The van der Waals surface area contributed by atoms with Crippen LogP contribution in [0.1, 0.15) is 22.0 Å². The van der Waals surface area contributed by atoms with Crippen molar-refractivity contribution in [1.82, 2.24) is 0 Å². The van der Waals surface area contributed by atoms with Crippen molar-refractivity contribution in [2.24, 2.45) is 0 Å². The van der Waals surface area contributed by atoms with Crippen molar-refractivity contribution in [3.63, 3.8) is 0 Å². The number of hydrogen-bond acceptors (Lipinski definition) is 6. The molecule has 0 aliphatic heterocycles. The highest BCUT2D eigenvalue weighted by Gasteiger charge is 2.24. The number of esters is 1. The van der Waals surface area contributed by atoms with Crippen molar-refractivity contribution >= 4 is 11.9 Å². The van der Waals surface area contributed by atoms with Crippen LogP contribution in [0, 0.1) is 0 Å². The molecular weight excluding hydrogens is 244 g/mol. The first-order valence-corrected chi connectivity index (χ1v) is 4.82. The Labute approximate surface area is 102 Å². The number of methoxy groups -OCH3 is 2. The van der Waals surface area contributed by atoms with E-state index in [0.717, 1.165) is 13.2 Å². The molecule has 0 heterocycles. The predicted octanol–water partition coefficient (Wildman–Crippen LogP) is 0.305. The standard InChI is InChI=1S/C11H12O7/c1-17-7-4-5(11(16)18-2)3-6(8(7)12)9(13)10(14)15/h3-4,9,12-13H,1-2H3,(H,14,15). The van der Waals surface area contributed by atoms with Gasteiger partial charge in [-0.3, -0.25) is 0 Å². The molecule has 0 aliphatic carbocycles. The van der Waals surface area contributed by atoms with Gasteiger partial charge in [0.25, 0.3) is 0 Å². The molecule has 7 nitrogen and oxygen atoms in total. The molecule has 1 unspecified atom stereocenters. The number of hydrogen-bond donors (Lipinski definition) is 3. The zero-order valence-corrected chi connectivity index (χ0v) is 9.71. The lowest BCUT2D eigenvalue weighted by atomic mass is 10.0. The van der Waals surface area contributed by atoms with E-state index in [1.165, 1.54) is 13.2 Å². The Hall–Kier alpha value is -2.28. The van der Waals surface area contributed by atoms with Gasteiger partial charge in [0, 0.05) is 5.56 Å². The fraction of sp³-hybridized carbons (Fsp3) is 0.273. The minimum Gasteiger partial charge on any atom is -0.504 e. The van der Waals surface area contributed by atoms with Crippen LogP contribution >= 0.6 is 0 Å². The number of aromatic hydroxyl groups is 1. The Bertz CT molecular complexity index is 481. The molecule has 98 valence electrons. The van der Waals surface area contributed by atoms with Crippen LogP contribution in [0.4, 0.5) is 0 Å². The van der Waals surface area contributed by atoms with Crippen LogP contribution in [-0.4, -0.2) is 41.5 Å². The number of rotatable bonds is 4. The highest BCUT2D eigenvalue weighted by atomic mass is 16.5. The van der Waals surface area contributed by atoms with Gasteiger partial charge >= 0.3 is 11.9 Å². The number of carboxylic acid groups (broad SMARTS) is 1. The van der Waals surface area contributed by atoms with Crippen LogP contribution in [0.15, 0.2) is 12.1 Å². The summed E-state index contributed by atoms with van der Waals surface area (Å²) in [6, 6.07) is 2.21. The van der Waals surface area contributed by atoms with Gasteiger partial charge in [0.05, 0.1) is 19.8 Å². The summed E-state index contributed by atoms with van der Waals surface area (Å²) in [6.45, 7) is 0. The van der Waals surface area contributed by atoms with Crippen LogP contribution in [0.3, 0.4) is 0 Å². The Balaban J connectivity index is 3.40. The number of aliphatic hydroxyl groups is 1. The average Bonchev–Trinajstić information content (AvgIpc) is 2.37. The fourth-order valence-electron chi connectivity index (χ4n) is 1.36. The van der Waals surface area contributed by atoms with Gasteiger partial charge in [-0.15, -0.1) is 0 Å². The highest BCUT2D eigenvalue weighted by molar-refractivity contribution is 5.91. The van der Waals surface area contributed by atoms with Gasteiger partial charge in [-0.05, 0) is 12.1 Å².